The van der Waals surface area contributed by atoms with Gasteiger partial charge in [-0.05, 0) is 37.5 Å². The Kier molecular flexibility index (Phi) is 6.33. The molecule has 92 valence electrons. The van der Waals surface area contributed by atoms with Crippen LogP contribution < -0.4 is 10.6 Å². The van der Waals surface area contributed by atoms with E-state index in [1.165, 1.54) is 5.56 Å². The van der Waals surface area contributed by atoms with Gasteiger partial charge in [0.2, 0.25) is 0 Å². The molecule has 0 unspecified atom stereocenters. The van der Waals surface area contributed by atoms with Gasteiger partial charge in [-0.3, -0.25) is 0 Å². The number of benzene rings is 1. The molecule has 3 heteroatoms. The first-order valence-corrected chi connectivity index (χ1v) is 6.32. The fraction of sp³-hybridized carbons (Fsp3) is 0.357. The normalized spacial score (nSPS) is 11.6. The number of rotatable bonds is 6. The summed E-state index contributed by atoms with van der Waals surface area (Å²) in [4.78, 5) is 0. The number of hydrogen-bond acceptors (Lipinski definition) is 1. The lowest BCUT2D eigenvalue weighted by molar-refractivity contribution is 0.602. The van der Waals surface area contributed by atoms with Crippen LogP contribution in [0.3, 0.4) is 0 Å². The second-order valence-corrected chi connectivity index (χ2v) is 4.48. The highest BCUT2D eigenvalue weighted by atomic mass is 32.1. The molecule has 0 spiro atoms. The zero-order valence-corrected chi connectivity index (χ0v) is 11.1. The van der Waals surface area contributed by atoms with E-state index in [2.05, 4.69) is 48.4 Å². The lowest BCUT2D eigenvalue weighted by Gasteiger charge is -2.16. The second-order valence-electron chi connectivity index (χ2n) is 4.07. The molecule has 0 fully saturated rings. The van der Waals surface area contributed by atoms with E-state index in [9.17, 15) is 0 Å². The van der Waals surface area contributed by atoms with Crippen LogP contribution in [0.1, 0.15) is 18.9 Å². The molecule has 0 aromatic heterocycles. The lowest BCUT2D eigenvalue weighted by atomic mass is 10.1. The van der Waals surface area contributed by atoms with E-state index in [1.807, 2.05) is 6.07 Å². The third-order valence-electron chi connectivity index (χ3n) is 2.49. The molecule has 0 aliphatic carbocycles. The summed E-state index contributed by atoms with van der Waals surface area (Å²) in [5, 5.41) is 7.02. The Morgan fingerprint density at radius 3 is 2.76 bits per heavy atom. The van der Waals surface area contributed by atoms with Gasteiger partial charge in [0.05, 0.1) is 0 Å². The van der Waals surface area contributed by atoms with Crippen LogP contribution in [-0.2, 0) is 6.42 Å². The average molecular weight is 248 g/mol. The van der Waals surface area contributed by atoms with Crippen molar-refractivity contribution >= 4 is 17.3 Å². The first kappa shape index (κ1) is 13.7. The van der Waals surface area contributed by atoms with Crippen LogP contribution in [0, 0.1) is 0 Å². The van der Waals surface area contributed by atoms with Crippen LogP contribution in [0.5, 0.6) is 0 Å². The van der Waals surface area contributed by atoms with E-state index in [1.54, 1.807) is 6.08 Å². The summed E-state index contributed by atoms with van der Waals surface area (Å²) >= 11 is 5.16. The molecule has 0 saturated heterocycles. The van der Waals surface area contributed by atoms with E-state index in [-0.39, 0.29) is 0 Å². The fourth-order valence-electron chi connectivity index (χ4n) is 1.54. The molecule has 1 aromatic rings. The molecular weight excluding hydrogens is 228 g/mol. The van der Waals surface area contributed by atoms with Gasteiger partial charge in [-0.15, -0.1) is 6.58 Å². The van der Waals surface area contributed by atoms with Crippen molar-refractivity contribution in [1.29, 1.82) is 0 Å². The minimum atomic E-state index is 0.375. The minimum absolute atomic E-state index is 0.375. The Hall–Kier alpha value is -1.35. The third kappa shape index (κ3) is 6.07. The topological polar surface area (TPSA) is 24.1 Å². The molecule has 0 radical (unpaired) electrons. The van der Waals surface area contributed by atoms with Gasteiger partial charge in [0.15, 0.2) is 5.11 Å². The average Bonchev–Trinajstić information content (AvgIpc) is 2.35. The smallest absolute Gasteiger partial charge is 0.166 e. The van der Waals surface area contributed by atoms with Crippen LogP contribution in [0.4, 0.5) is 0 Å². The van der Waals surface area contributed by atoms with Crippen LogP contribution in [0.15, 0.2) is 43.0 Å². The van der Waals surface area contributed by atoms with E-state index >= 15 is 0 Å². The summed E-state index contributed by atoms with van der Waals surface area (Å²) in [7, 11) is 0. The highest BCUT2D eigenvalue weighted by Crippen LogP contribution is 2.04. The third-order valence-corrected chi connectivity index (χ3v) is 2.76. The quantitative estimate of drug-likeness (QED) is 0.598. The van der Waals surface area contributed by atoms with Crippen LogP contribution in [-0.4, -0.2) is 17.7 Å². The standard InChI is InChI=1S/C14H20N2S/c1-3-11-15-14(17)16-12(2)9-10-13-7-5-4-6-8-13/h3-8,12H,1,9-11H2,2H3,(H2,15,16,17)/t12-/m1/s1. The molecular formula is C14H20N2S. The van der Waals surface area contributed by atoms with Crippen molar-refractivity contribution in [2.75, 3.05) is 6.54 Å². The zero-order valence-electron chi connectivity index (χ0n) is 10.3. The molecule has 0 aliphatic rings. The molecule has 1 aromatic carbocycles. The maximum Gasteiger partial charge on any atom is 0.166 e. The molecule has 0 amide bonds. The van der Waals surface area contributed by atoms with Gasteiger partial charge in [-0.1, -0.05) is 36.4 Å². The Labute approximate surface area is 109 Å². The molecule has 1 atom stereocenters. The van der Waals surface area contributed by atoms with Gasteiger partial charge in [-0.25, -0.2) is 0 Å². The van der Waals surface area contributed by atoms with Gasteiger partial charge in [0.1, 0.15) is 0 Å². The van der Waals surface area contributed by atoms with Crippen molar-refractivity contribution in [3.05, 3.63) is 48.6 Å². The molecule has 0 heterocycles. The Morgan fingerprint density at radius 1 is 1.41 bits per heavy atom. The Morgan fingerprint density at radius 2 is 2.12 bits per heavy atom. The summed E-state index contributed by atoms with van der Waals surface area (Å²) in [5.74, 6) is 0. The first-order valence-electron chi connectivity index (χ1n) is 5.91. The van der Waals surface area contributed by atoms with Crippen LogP contribution in [0.25, 0.3) is 0 Å². The van der Waals surface area contributed by atoms with Gasteiger partial charge >= 0.3 is 0 Å². The van der Waals surface area contributed by atoms with Crippen molar-refractivity contribution in [3.8, 4) is 0 Å². The Bertz CT molecular complexity index is 348. The predicted octanol–water partition coefficient (Wildman–Crippen LogP) is 2.66. The number of hydrogen-bond donors (Lipinski definition) is 2. The fourth-order valence-corrected chi connectivity index (χ4v) is 1.82. The van der Waals surface area contributed by atoms with Gasteiger partial charge in [0, 0.05) is 12.6 Å². The van der Waals surface area contributed by atoms with Crippen LogP contribution in [0.2, 0.25) is 0 Å². The molecule has 17 heavy (non-hydrogen) atoms. The summed E-state index contributed by atoms with van der Waals surface area (Å²) < 4.78 is 0. The Balaban J connectivity index is 2.23. The largest absolute Gasteiger partial charge is 0.360 e. The van der Waals surface area contributed by atoms with Crippen molar-refractivity contribution < 1.29 is 0 Å². The monoisotopic (exact) mass is 248 g/mol. The van der Waals surface area contributed by atoms with E-state index in [4.69, 9.17) is 12.2 Å². The van der Waals surface area contributed by atoms with E-state index < -0.39 is 0 Å². The second kappa shape index (κ2) is 7.85. The summed E-state index contributed by atoms with van der Waals surface area (Å²) in [6.45, 7) is 6.49. The maximum absolute atomic E-state index is 5.16. The molecule has 2 N–H and O–H groups in total. The SMILES string of the molecule is C=CCNC(=S)N[C@H](C)CCc1ccccc1. The molecule has 2 nitrogen and oxygen atoms in total. The summed E-state index contributed by atoms with van der Waals surface area (Å²) in [6, 6.07) is 10.9. The van der Waals surface area contributed by atoms with Crippen molar-refractivity contribution in [1.82, 2.24) is 10.6 Å². The molecule has 0 aliphatic heterocycles. The van der Waals surface area contributed by atoms with Crippen molar-refractivity contribution in [3.63, 3.8) is 0 Å². The lowest BCUT2D eigenvalue weighted by Crippen LogP contribution is -2.40. The number of thiocarbonyl (C=S) groups is 1. The van der Waals surface area contributed by atoms with Crippen molar-refractivity contribution in [2.24, 2.45) is 0 Å². The van der Waals surface area contributed by atoms with Gasteiger partial charge in [0.25, 0.3) is 0 Å². The van der Waals surface area contributed by atoms with E-state index in [0.717, 1.165) is 12.8 Å². The number of aryl methyl sites for hydroxylation is 1. The molecule has 0 bridgehead atoms. The predicted molar refractivity (Wildman–Crippen MR) is 78.2 cm³/mol. The summed E-state index contributed by atoms with van der Waals surface area (Å²) in [5.41, 5.74) is 1.37. The minimum Gasteiger partial charge on any atom is -0.360 e. The van der Waals surface area contributed by atoms with Crippen molar-refractivity contribution in [2.45, 2.75) is 25.8 Å². The molecule has 1 rings (SSSR count). The van der Waals surface area contributed by atoms with Gasteiger partial charge < -0.3 is 10.6 Å². The van der Waals surface area contributed by atoms with Crippen LogP contribution >= 0.6 is 12.2 Å². The van der Waals surface area contributed by atoms with E-state index in [0.29, 0.717) is 17.7 Å². The zero-order chi connectivity index (χ0) is 12.5. The maximum atomic E-state index is 5.16. The highest BCUT2D eigenvalue weighted by Gasteiger charge is 2.03. The van der Waals surface area contributed by atoms with Gasteiger partial charge in [-0.2, -0.15) is 0 Å². The highest BCUT2D eigenvalue weighted by molar-refractivity contribution is 7.80. The first-order chi connectivity index (χ1) is 8.22. The summed E-state index contributed by atoms with van der Waals surface area (Å²) in [6.07, 6.45) is 3.93. The molecule has 0 saturated carbocycles. The number of nitrogens with one attached hydrogen (secondary N) is 2.